The summed E-state index contributed by atoms with van der Waals surface area (Å²) in [4.78, 5) is 7.40. The normalized spacial score (nSPS) is 17.9. The molecule has 0 saturated carbocycles. The molecule has 1 aliphatic rings. The highest BCUT2D eigenvalue weighted by Gasteiger charge is 2.19. The van der Waals surface area contributed by atoms with Crippen molar-refractivity contribution in [3.05, 3.63) is 54.7 Å². The number of nitrogens with zero attached hydrogens (tertiary/aromatic N) is 5. The highest BCUT2D eigenvalue weighted by molar-refractivity contribution is 5.92. The first kappa shape index (κ1) is 15.3. The molecule has 0 aliphatic carbocycles. The standard InChI is InChI=1S/C20H20N6/c1-14-13-25(12-10-21-14)17-6-4-5-15-8-9-16(22-19(15)17)20-24-23-18-7-2-3-11-26(18)20/h2-9,11,14,21H,10,12-13H2,1H3. The third-order valence-electron chi connectivity index (χ3n) is 4.95. The van der Waals surface area contributed by atoms with Crippen LogP contribution in [0.1, 0.15) is 6.92 Å². The van der Waals surface area contributed by atoms with E-state index in [4.69, 9.17) is 4.98 Å². The maximum absolute atomic E-state index is 4.98. The van der Waals surface area contributed by atoms with Gasteiger partial charge < -0.3 is 10.2 Å². The quantitative estimate of drug-likeness (QED) is 0.606. The molecule has 1 unspecified atom stereocenters. The van der Waals surface area contributed by atoms with E-state index in [0.29, 0.717) is 6.04 Å². The van der Waals surface area contributed by atoms with Crippen molar-refractivity contribution in [2.75, 3.05) is 24.5 Å². The zero-order valence-corrected chi connectivity index (χ0v) is 14.6. The number of para-hydroxylation sites is 1. The van der Waals surface area contributed by atoms with Gasteiger partial charge in [0.25, 0.3) is 0 Å². The van der Waals surface area contributed by atoms with Crippen LogP contribution in [0.4, 0.5) is 5.69 Å². The van der Waals surface area contributed by atoms with Crippen LogP contribution in [0, 0.1) is 0 Å². The fourth-order valence-corrected chi connectivity index (χ4v) is 3.68. The van der Waals surface area contributed by atoms with Crippen LogP contribution in [-0.4, -0.2) is 45.3 Å². The largest absolute Gasteiger partial charge is 0.367 e. The Balaban J connectivity index is 1.66. The van der Waals surface area contributed by atoms with Crippen molar-refractivity contribution in [1.82, 2.24) is 24.9 Å². The van der Waals surface area contributed by atoms with E-state index in [2.05, 4.69) is 51.6 Å². The summed E-state index contributed by atoms with van der Waals surface area (Å²) in [7, 11) is 0. The summed E-state index contributed by atoms with van der Waals surface area (Å²) in [5.74, 6) is 0.769. The van der Waals surface area contributed by atoms with Gasteiger partial charge >= 0.3 is 0 Å². The Morgan fingerprint density at radius 3 is 2.92 bits per heavy atom. The second-order valence-electron chi connectivity index (χ2n) is 6.80. The van der Waals surface area contributed by atoms with Crippen molar-refractivity contribution >= 4 is 22.2 Å². The molecule has 6 heteroatoms. The van der Waals surface area contributed by atoms with Gasteiger partial charge in [-0.05, 0) is 31.2 Å². The number of hydrogen-bond acceptors (Lipinski definition) is 5. The number of piperazine rings is 1. The Morgan fingerprint density at radius 2 is 2.00 bits per heavy atom. The zero-order chi connectivity index (χ0) is 17.5. The first-order valence-electron chi connectivity index (χ1n) is 8.98. The molecule has 0 spiro atoms. The van der Waals surface area contributed by atoms with Crippen LogP contribution < -0.4 is 10.2 Å². The number of fused-ring (bicyclic) bond motifs is 2. The van der Waals surface area contributed by atoms with Gasteiger partial charge in [0.1, 0.15) is 5.69 Å². The molecule has 26 heavy (non-hydrogen) atoms. The number of nitrogens with one attached hydrogen (secondary N) is 1. The van der Waals surface area contributed by atoms with Crippen molar-refractivity contribution < 1.29 is 0 Å². The third kappa shape index (κ3) is 2.50. The van der Waals surface area contributed by atoms with E-state index < -0.39 is 0 Å². The molecular formula is C20H20N6. The van der Waals surface area contributed by atoms with E-state index >= 15 is 0 Å². The lowest BCUT2D eigenvalue weighted by Gasteiger charge is -2.34. The maximum Gasteiger partial charge on any atom is 0.187 e. The van der Waals surface area contributed by atoms with E-state index in [1.165, 1.54) is 5.69 Å². The summed E-state index contributed by atoms with van der Waals surface area (Å²) >= 11 is 0. The molecule has 1 aromatic carbocycles. The van der Waals surface area contributed by atoms with Gasteiger partial charge in [-0.25, -0.2) is 4.98 Å². The maximum atomic E-state index is 4.98. The lowest BCUT2D eigenvalue weighted by atomic mass is 10.1. The molecular weight excluding hydrogens is 324 g/mol. The highest BCUT2D eigenvalue weighted by atomic mass is 15.3. The number of hydrogen-bond donors (Lipinski definition) is 1. The smallest absolute Gasteiger partial charge is 0.187 e. The van der Waals surface area contributed by atoms with Crippen LogP contribution in [-0.2, 0) is 0 Å². The zero-order valence-electron chi connectivity index (χ0n) is 14.6. The molecule has 4 heterocycles. The van der Waals surface area contributed by atoms with E-state index in [0.717, 1.165) is 47.7 Å². The number of rotatable bonds is 2. The molecule has 1 N–H and O–H groups in total. The Hall–Kier alpha value is -2.99. The van der Waals surface area contributed by atoms with Crippen LogP contribution >= 0.6 is 0 Å². The molecule has 4 aromatic rings. The van der Waals surface area contributed by atoms with Crippen molar-refractivity contribution in [1.29, 1.82) is 0 Å². The number of benzene rings is 1. The van der Waals surface area contributed by atoms with E-state index in [1.54, 1.807) is 0 Å². The Morgan fingerprint density at radius 1 is 1.04 bits per heavy atom. The monoisotopic (exact) mass is 344 g/mol. The highest BCUT2D eigenvalue weighted by Crippen LogP contribution is 2.28. The van der Waals surface area contributed by atoms with Gasteiger partial charge in [0, 0.05) is 37.3 Å². The predicted octanol–water partition coefficient (Wildman–Crippen LogP) is 2.74. The molecule has 6 nitrogen and oxygen atoms in total. The van der Waals surface area contributed by atoms with Crippen LogP contribution in [0.5, 0.6) is 0 Å². The first-order valence-corrected chi connectivity index (χ1v) is 8.98. The average Bonchev–Trinajstić information content (AvgIpc) is 3.11. The molecule has 5 rings (SSSR count). The fraction of sp³-hybridized carbons (Fsp3) is 0.250. The minimum Gasteiger partial charge on any atom is -0.367 e. The lowest BCUT2D eigenvalue weighted by molar-refractivity contribution is 0.485. The molecule has 130 valence electrons. The molecule has 1 atom stereocenters. The van der Waals surface area contributed by atoms with Crippen LogP contribution in [0.25, 0.3) is 28.1 Å². The topological polar surface area (TPSA) is 58.4 Å². The summed E-state index contributed by atoms with van der Waals surface area (Å²) in [6, 6.07) is 16.9. The predicted molar refractivity (Wildman–Crippen MR) is 103 cm³/mol. The van der Waals surface area contributed by atoms with E-state index in [9.17, 15) is 0 Å². The van der Waals surface area contributed by atoms with Gasteiger partial charge in [0.2, 0.25) is 0 Å². The summed E-state index contributed by atoms with van der Waals surface area (Å²) in [6.45, 7) is 5.19. The summed E-state index contributed by atoms with van der Waals surface area (Å²) in [5.41, 5.74) is 3.87. The van der Waals surface area contributed by atoms with Gasteiger partial charge in [0.05, 0.1) is 11.2 Å². The van der Waals surface area contributed by atoms with Crippen LogP contribution in [0.3, 0.4) is 0 Å². The molecule has 1 fully saturated rings. The van der Waals surface area contributed by atoms with Crippen molar-refractivity contribution in [3.63, 3.8) is 0 Å². The molecule has 1 aliphatic heterocycles. The lowest BCUT2D eigenvalue weighted by Crippen LogP contribution is -2.49. The van der Waals surface area contributed by atoms with Gasteiger partial charge in [-0.15, -0.1) is 10.2 Å². The molecule has 3 aromatic heterocycles. The molecule has 1 saturated heterocycles. The van der Waals surface area contributed by atoms with Gasteiger partial charge in [-0.1, -0.05) is 24.3 Å². The Labute approximate surface area is 151 Å². The Kier molecular flexibility index (Phi) is 3.57. The van der Waals surface area contributed by atoms with Crippen molar-refractivity contribution in [2.24, 2.45) is 0 Å². The van der Waals surface area contributed by atoms with Gasteiger partial charge in [-0.3, -0.25) is 4.40 Å². The van der Waals surface area contributed by atoms with E-state index in [1.807, 2.05) is 34.9 Å². The minimum atomic E-state index is 0.475. The summed E-state index contributed by atoms with van der Waals surface area (Å²) in [6.07, 6.45) is 1.97. The molecule has 0 amide bonds. The first-order chi connectivity index (χ1) is 12.8. The second-order valence-corrected chi connectivity index (χ2v) is 6.80. The summed E-state index contributed by atoms with van der Waals surface area (Å²) in [5, 5.41) is 13.2. The number of anilines is 1. The number of aromatic nitrogens is 4. The van der Waals surface area contributed by atoms with E-state index in [-0.39, 0.29) is 0 Å². The SMILES string of the molecule is CC1CN(c2cccc3ccc(-c4nnc5ccccn45)nc23)CCN1. The minimum absolute atomic E-state index is 0.475. The summed E-state index contributed by atoms with van der Waals surface area (Å²) < 4.78 is 1.98. The Bertz CT molecular complexity index is 1090. The van der Waals surface area contributed by atoms with Gasteiger partial charge in [-0.2, -0.15) is 0 Å². The van der Waals surface area contributed by atoms with Crippen molar-refractivity contribution in [3.8, 4) is 11.5 Å². The third-order valence-corrected chi connectivity index (χ3v) is 4.95. The van der Waals surface area contributed by atoms with Crippen molar-refractivity contribution in [2.45, 2.75) is 13.0 Å². The van der Waals surface area contributed by atoms with Gasteiger partial charge in [0.15, 0.2) is 11.5 Å². The molecule has 0 bridgehead atoms. The van der Waals surface area contributed by atoms with Crippen LogP contribution in [0.15, 0.2) is 54.7 Å². The molecule has 0 radical (unpaired) electrons. The fourth-order valence-electron chi connectivity index (χ4n) is 3.68. The second kappa shape index (κ2) is 6.07. The number of pyridine rings is 2. The van der Waals surface area contributed by atoms with Crippen LogP contribution in [0.2, 0.25) is 0 Å². The average molecular weight is 344 g/mol.